The van der Waals surface area contributed by atoms with E-state index in [0.717, 1.165) is 41.6 Å². The van der Waals surface area contributed by atoms with E-state index in [2.05, 4.69) is 29.5 Å². The molecule has 2 aromatic rings. The minimum atomic E-state index is 0.770. The maximum Gasteiger partial charge on any atom is 0.152 e. The van der Waals surface area contributed by atoms with Crippen molar-refractivity contribution in [2.24, 2.45) is 0 Å². The Bertz CT molecular complexity index is 556. The molecule has 18 heavy (non-hydrogen) atoms. The average Bonchev–Trinajstić information content (AvgIpc) is 2.63. The molecule has 94 valence electrons. The molecule has 0 radical (unpaired) electrons. The molecule has 2 rings (SSSR count). The molecule has 0 unspecified atom stereocenters. The van der Waals surface area contributed by atoms with Gasteiger partial charge in [0.1, 0.15) is 0 Å². The van der Waals surface area contributed by atoms with Gasteiger partial charge >= 0.3 is 0 Å². The van der Waals surface area contributed by atoms with Crippen LogP contribution in [0.15, 0.2) is 24.5 Å². The molecule has 0 amide bonds. The summed E-state index contributed by atoms with van der Waals surface area (Å²) in [7, 11) is 0. The molecule has 3 nitrogen and oxygen atoms in total. The van der Waals surface area contributed by atoms with E-state index in [1.807, 2.05) is 19.2 Å². The van der Waals surface area contributed by atoms with Crippen LogP contribution < -0.4 is 0 Å². The largest absolute Gasteiger partial charge is 0.344 e. The second-order valence-electron chi connectivity index (χ2n) is 4.48. The van der Waals surface area contributed by atoms with Crippen molar-refractivity contribution in [3.05, 3.63) is 52.6 Å². The molecule has 2 aromatic heterocycles. The highest BCUT2D eigenvalue weighted by Gasteiger charge is 2.15. The van der Waals surface area contributed by atoms with E-state index in [1.165, 1.54) is 5.69 Å². The third kappa shape index (κ3) is 2.08. The van der Waals surface area contributed by atoms with Crippen LogP contribution >= 0.6 is 0 Å². The molecule has 0 fully saturated rings. The van der Waals surface area contributed by atoms with Gasteiger partial charge in [0.25, 0.3) is 0 Å². The highest BCUT2D eigenvalue weighted by atomic mass is 16.1. The maximum atomic E-state index is 11.2. The molecular formula is C15H18N2O. The van der Waals surface area contributed by atoms with Crippen molar-refractivity contribution in [2.45, 2.75) is 33.7 Å². The Morgan fingerprint density at radius 2 is 2.11 bits per heavy atom. The molecule has 0 aliphatic rings. The molecule has 3 heteroatoms. The lowest BCUT2D eigenvalue weighted by Crippen LogP contribution is -2.04. The Kier molecular flexibility index (Phi) is 3.60. The van der Waals surface area contributed by atoms with E-state index in [4.69, 9.17) is 0 Å². The fourth-order valence-corrected chi connectivity index (χ4v) is 2.49. The summed E-state index contributed by atoms with van der Waals surface area (Å²) in [5, 5.41) is 0. The SMILES string of the molecule is CCc1c(C=O)c(C)n(Cc2cccnc2)c1C. The minimum Gasteiger partial charge on any atom is -0.344 e. The van der Waals surface area contributed by atoms with E-state index in [-0.39, 0.29) is 0 Å². The van der Waals surface area contributed by atoms with Gasteiger partial charge in [0.15, 0.2) is 6.29 Å². The smallest absolute Gasteiger partial charge is 0.152 e. The highest BCUT2D eigenvalue weighted by Crippen LogP contribution is 2.22. The van der Waals surface area contributed by atoms with Crippen LogP contribution in [-0.4, -0.2) is 15.8 Å². The second-order valence-corrected chi connectivity index (χ2v) is 4.48. The summed E-state index contributed by atoms with van der Waals surface area (Å²) < 4.78 is 2.19. The third-order valence-corrected chi connectivity index (χ3v) is 3.50. The predicted octanol–water partition coefficient (Wildman–Crippen LogP) is 2.92. The van der Waals surface area contributed by atoms with Gasteiger partial charge in [0, 0.05) is 35.9 Å². The van der Waals surface area contributed by atoms with Crippen LogP contribution in [0.5, 0.6) is 0 Å². The summed E-state index contributed by atoms with van der Waals surface area (Å²) in [4.78, 5) is 15.3. The van der Waals surface area contributed by atoms with Gasteiger partial charge in [-0.2, -0.15) is 0 Å². The first-order chi connectivity index (χ1) is 8.69. The monoisotopic (exact) mass is 242 g/mol. The van der Waals surface area contributed by atoms with E-state index in [1.54, 1.807) is 6.20 Å². The van der Waals surface area contributed by atoms with Crippen molar-refractivity contribution < 1.29 is 4.79 Å². The van der Waals surface area contributed by atoms with Gasteiger partial charge in [-0.15, -0.1) is 0 Å². The van der Waals surface area contributed by atoms with E-state index < -0.39 is 0 Å². The number of aldehydes is 1. The van der Waals surface area contributed by atoms with Crippen molar-refractivity contribution in [2.75, 3.05) is 0 Å². The minimum absolute atomic E-state index is 0.770. The summed E-state index contributed by atoms with van der Waals surface area (Å²) in [6, 6.07) is 3.99. The number of hydrogen-bond acceptors (Lipinski definition) is 2. The first-order valence-electron chi connectivity index (χ1n) is 6.21. The van der Waals surface area contributed by atoms with Gasteiger partial charge in [-0.1, -0.05) is 13.0 Å². The summed E-state index contributed by atoms with van der Waals surface area (Å²) in [5.74, 6) is 0. The van der Waals surface area contributed by atoms with Gasteiger partial charge < -0.3 is 4.57 Å². The molecule has 0 aromatic carbocycles. The Labute approximate surface area is 107 Å². The van der Waals surface area contributed by atoms with Crippen LogP contribution in [0, 0.1) is 13.8 Å². The van der Waals surface area contributed by atoms with Crippen LogP contribution in [0.3, 0.4) is 0 Å². The summed E-state index contributed by atoms with van der Waals surface area (Å²) in [6.07, 6.45) is 5.50. The molecule has 0 bridgehead atoms. The van der Waals surface area contributed by atoms with Crippen LogP contribution in [0.4, 0.5) is 0 Å². The molecule has 0 saturated carbocycles. The molecule has 0 aliphatic carbocycles. The Morgan fingerprint density at radius 3 is 2.61 bits per heavy atom. The van der Waals surface area contributed by atoms with E-state index >= 15 is 0 Å². The van der Waals surface area contributed by atoms with Gasteiger partial charge in [-0.05, 0) is 37.5 Å². The number of hydrogen-bond donors (Lipinski definition) is 0. The molecule has 0 saturated heterocycles. The Morgan fingerprint density at radius 1 is 1.33 bits per heavy atom. The van der Waals surface area contributed by atoms with Crippen molar-refractivity contribution in [3.8, 4) is 0 Å². The average molecular weight is 242 g/mol. The number of rotatable bonds is 4. The van der Waals surface area contributed by atoms with Gasteiger partial charge in [0.05, 0.1) is 0 Å². The third-order valence-electron chi connectivity index (χ3n) is 3.50. The lowest BCUT2D eigenvalue weighted by atomic mass is 10.1. The van der Waals surface area contributed by atoms with Crippen LogP contribution in [0.2, 0.25) is 0 Å². The normalized spacial score (nSPS) is 10.6. The quantitative estimate of drug-likeness (QED) is 0.773. The van der Waals surface area contributed by atoms with Crippen molar-refractivity contribution >= 4 is 6.29 Å². The number of pyridine rings is 1. The fourth-order valence-electron chi connectivity index (χ4n) is 2.49. The molecule has 0 atom stereocenters. The number of nitrogens with zero attached hydrogens (tertiary/aromatic N) is 2. The summed E-state index contributed by atoms with van der Waals surface area (Å²) in [5.41, 5.74) is 5.38. The first-order valence-corrected chi connectivity index (χ1v) is 6.21. The Hall–Kier alpha value is -1.90. The fraction of sp³-hybridized carbons (Fsp3) is 0.333. The Balaban J connectivity index is 2.46. The van der Waals surface area contributed by atoms with Crippen molar-refractivity contribution in [1.29, 1.82) is 0 Å². The first kappa shape index (κ1) is 12.6. The van der Waals surface area contributed by atoms with Gasteiger partial charge in [-0.25, -0.2) is 0 Å². The number of aromatic nitrogens is 2. The van der Waals surface area contributed by atoms with Gasteiger partial charge in [-0.3, -0.25) is 9.78 Å². The highest BCUT2D eigenvalue weighted by molar-refractivity contribution is 5.80. The summed E-state index contributed by atoms with van der Waals surface area (Å²) in [6.45, 7) is 6.94. The van der Waals surface area contributed by atoms with Crippen LogP contribution in [-0.2, 0) is 13.0 Å². The van der Waals surface area contributed by atoms with Crippen LogP contribution in [0.1, 0.15) is 39.8 Å². The lowest BCUT2D eigenvalue weighted by molar-refractivity contribution is 0.112. The molecular weight excluding hydrogens is 224 g/mol. The van der Waals surface area contributed by atoms with Crippen molar-refractivity contribution in [3.63, 3.8) is 0 Å². The van der Waals surface area contributed by atoms with Crippen molar-refractivity contribution in [1.82, 2.24) is 9.55 Å². The zero-order valence-corrected chi connectivity index (χ0v) is 11.1. The standard InChI is InChI=1S/C15H18N2O/c1-4-14-11(2)17(12(3)15(14)10-18)9-13-6-5-7-16-8-13/h5-8,10H,4,9H2,1-3H3. The molecule has 2 heterocycles. The zero-order chi connectivity index (χ0) is 13.1. The summed E-state index contributed by atoms with van der Waals surface area (Å²) >= 11 is 0. The van der Waals surface area contributed by atoms with Gasteiger partial charge in [0.2, 0.25) is 0 Å². The zero-order valence-electron chi connectivity index (χ0n) is 11.1. The topological polar surface area (TPSA) is 34.9 Å². The van der Waals surface area contributed by atoms with E-state index in [0.29, 0.717) is 0 Å². The molecule has 0 spiro atoms. The number of carbonyl (C=O) groups is 1. The lowest BCUT2D eigenvalue weighted by Gasteiger charge is -2.09. The predicted molar refractivity (Wildman–Crippen MR) is 72.0 cm³/mol. The molecule has 0 aliphatic heterocycles. The molecule has 0 N–H and O–H groups in total. The van der Waals surface area contributed by atoms with Crippen LogP contribution in [0.25, 0.3) is 0 Å². The van der Waals surface area contributed by atoms with E-state index in [9.17, 15) is 4.79 Å². The maximum absolute atomic E-state index is 11.2. The number of carbonyl (C=O) groups excluding carboxylic acids is 1. The second kappa shape index (κ2) is 5.17.